The standard InChI is InChI=1S/C15H14ClN3O/c1-11-3-2-4-12(9-11)10-17-19-15(20)18-14-7-5-13(16)6-8-14/h2-10H,1H3,(H2,18,19,20)/b17-10-. The Labute approximate surface area is 122 Å². The van der Waals surface area contributed by atoms with E-state index in [9.17, 15) is 4.79 Å². The van der Waals surface area contributed by atoms with Crippen LogP contribution in [0.3, 0.4) is 0 Å². The second-order valence-corrected chi connectivity index (χ2v) is 4.68. The van der Waals surface area contributed by atoms with Crippen LogP contribution >= 0.6 is 11.6 Å². The van der Waals surface area contributed by atoms with Gasteiger partial charge in [0, 0.05) is 10.7 Å². The lowest BCUT2D eigenvalue weighted by Crippen LogP contribution is -2.24. The molecule has 0 heterocycles. The second-order valence-electron chi connectivity index (χ2n) is 4.25. The molecule has 2 N–H and O–H groups in total. The van der Waals surface area contributed by atoms with Crippen molar-refractivity contribution < 1.29 is 4.79 Å². The predicted molar refractivity (Wildman–Crippen MR) is 82.4 cm³/mol. The fourth-order valence-corrected chi connectivity index (χ4v) is 1.73. The highest BCUT2D eigenvalue weighted by Gasteiger charge is 1.99. The third kappa shape index (κ3) is 4.40. The van der Waals surface area contributed by atoms with E-state index in [1.807, 2.05) is 31.2 Å². The van der Waals surface area contributed by atoms with Gasteiger partial charge < -0.3 is 5.32 Å². The van der Waals surface area contributed by atoms with E-state index >= 15 is 0 Å². The van der Waals surface area contributed by atoms with Crippen molar-refractivity contribution in [2.24, 2.45) is 5.10 Å². The van der Waals surface area contributed by atoms with Crippen LogP contribution in [0.4, 0.5) is 10.5 Å². The molecule has 0 unspecified atom stereocenters. The zero-order valence-corrected chi connectivity index (χ0v) is 11.7. The molecule has 0 bridgehead atoms. The van der Waals surface area contributed by atoms with Crippen molar-refractivity contribution in [2.75, 3.05) is 5.32 Å². The van der Waals surface area contributed by atoms with Gasteiger partial charge in [-0.15, -0.1) is 0 Å². The van der Waals surface area contributed by atoms with Crippen LogP contribution in [0, 0.1) is 6.92 Å². The summed E-state index contributed by atoms with van der Waals surface area (Å²) in [5.74, 6) is 0. The first-order valence-corrected chi connectivity index (χ1v) is 6.43. The molecule has 0 radical (unpaired) electrons. The number of nitrogens with zero attached hydrogens (tertiary/aromatic N) is 1. The Kier molecular flexibility index (Phi) is 4.74. The minimum absolute atomic E-state index is 0.406. The smallest absolute Gasteiger partial charge is 0.307 e. The Morgan fingerprint density at radius 2 is 1.95 bits per heavy atom. The van der Waals surface area contributed by atoms with E-state index in [1.165, 1.54) is 0 Å². The van der Waals surface area contributed by atoms with E-state index in [4.69, 9.17) is 11.6 Å². The number of carbonyl (C=O) groups excluding carboxylic acids is 1. The Hall–Kier alpha value is -2.33. The number of nitrogens with one attached hydrogen (secondary N) is 2. The van der Waals surface area contributed by atoms with Gasteiger partial charge in [-0.3, -0.25) is 0 Å². The molecular weight excluding hydrogens is 274 g/mol. The zero-order valence-electron chi connectivity index (χ0n) is 10.9. The molecule has 0 spiro atoms. The molecule has 20 heavy (non-hydrogen) atoms. The molecule has 2 rings (SSSR count). The molecule has 0 aliphatic heterocycles. The monoisotopic (exact) mass is 287 g/mol. The maximum atomic E-state index is 11.6. The third-order valence-electron chi connectivity index (χ3n) is 2.52. The minimum Gasteiger partial charge on any atom is -0.307 e. The van der Waals surface area contributed by atoms with Gasteiger partial charge in [0.15, 0.2) is 0 Å². The first kappa shape index (κ1) is 14.1. The molecule has 102 valence electrons. The first-order valence-electron chi connectivity index (χ1n) is 6.06. The van der Waals surface area contributed by atoms with Crippen LogP contribution in [0.2, 0.25) is 5.02 Å². The van der Waals surface area contributed by atoms with Crippen LogP contribution in [0.25, 0.3) is 0 Å². The molecule has 0 saturated heterocycles. The molecule has 0 fully saturated rings. The summed E-state index contributed by atoms with van der Waals surface area (Å²) >= 11 is 5.76. The molecule has 2 amide bonds. The summed E-state index contributed by atoms with van der Waals surface area (Å²) in [5, 5.41) is 7.15. The van der Waals surface area contributed by atoms with Crippen molar-refractivity contribution in [3.8, 4) is 0 Å². The highest BCUT2D eigenvalue weighted by molar-refractivity contribution is 6.30. The third-order valence-corrected chi connectivity index (χ3v) is 2.78. The summed E-state index contributed by atoms with van der Waals surface area (Å²) < 4.78 is 0. The number of amides is 2. The van der Waals surface area contributed by atoms with Gasteiger partial charge in [0.1, 0.15) is 0 Å². The van der Waals surface area contributed by atoms with Crippen molar-refractivity contribution in [1.82, 2.24) is 5.43 Å². The lowest BCUT2D eigenvalue weighted by atomic mass is 10.2. The molecule has 5 heteroatoms. The Balaban J connectivity index is 1.87. The second kappa shape index (κ2) is 6.73. The fourth-order valence-electron chi connectivity index (χ4n) is 1.61. The zero-order chi connectivity index (χ0) is 14.4. The van der Waals surface area contributed by atoms with Gasteiger partial charge in [-0.25, -0.2) is 10.2 Å². The van der Waals surface area contributed by atoms with Gasteiger partial charge in [0.05, 0.1) is 6.21 Å². The Morgan fingerprint density at radius 1 is 1.20 bits per heavy atom. The topological polar surface area (TPSA) is 53.5 Å². The van der Waals surface area contributed by atoms with Gasteiger partial charge in [-0.05, 0) is 36.8 Å². The molecule has 4 nitrogen and oxygen atoms in total. The quantitative estimate of drug-likeness (QED) is 0.655. The number of aryl methyl sites for hydroxylation is 1. The summed E-state index contributed by atoms with van der Waals surface area (Å²) in [6.07, 6.45) is 1.59. The maximum Gasteiger partial charge on any atom is 0.339 e. The van der Waals surface area contributed by atoms with Gasteiger partial charge in [0.25, 0.3) is 0 Å². The van der Waals surface area contributed by atoms with E-state index in [1.54, 1.807) is 30.5 Å². The SMILES string of the molecule is Cc1cccc(/C=N\NC(=O)Nc2ccc(Cl)cc2)c1. The number of hydrogen-bond donors (Lipinski definition) is 2. The van der Waals surface area contributed by atoms with Crippen LogP contribution < -0.4 is 10.7 Å². The Morgan fingerprint density at radius 3 is 2.65 bits per heavy atom. The van der Waals surface area contributed by atoms with Crippen molar-refractivity contribution in [2.45, 2.75) is 6.92 Å². The van der Waals surface area contributed by atoms with Crippen LogP contribution in [0.5, 0.6) is 0 Å². The molecule has 0 aliphatic rings. The van der Waals surface area contributed by atoms with Crippen molar-refractivity contribution >= 4 is 29.5 Å². The van der Waals surface area contributed by atoms with E-state index in [0.29, 0.717) is 10.7 Å². The predicted octanol–water partition coefficient (Wildman–Crippen LogP) is 3.80. The number of hydrogen-bond acceptors (Lipinski definition) is 2. The van der Waals surface area contributed by atoms with E-state index < -0.39 is 6.03 Å². The highest BCUT2D eigenvalue weighted by Crippen LogP contribution is 2.12. The normalized spacial score (nSPS) is 10.5. The average molecular weight is 288 g/mol. The number of carbonyl (C=O) groups is 1. The molecular formula is C15H14ClN3O. The largest absolute Gasteiger partial charge is 0.339 e. The molecule has 0 aliphatic carbocycles. The summed E-state index contributed by atoms with van der Waals surface area (Å²) in [6, 6.07) is 14.2. The van der Waals surface area contributed by atoms with Crippen molar-refractivity contribution in [1.29, 1.82) is 0 Å². The van der Waals surface area contributed by atoms with E-state index in [2.05, 4.69) is 15.8 Å². The number of urea groups is 1. The molecule has 0 atom stereocenters. The van der Waals surface area contributed by atoms with Crippen molar-refractivity contribution in [3.63, 3.8) is 0 Å². The van der Waals surface area contributed by atoms with Crippen LogP contribution in [0.1, 0.15) is 11.1 Å². The van der Waals surface area contributed by atoms with Crippen molar-refractivity contribution in [3.05, 3.63) is 64.7 Å². The summed E-state index contributed by atoms with van der Waals surface area (Å²) in [4.78, 5) is 11.6. The lowest BCUT2D eigenvalue weighted by Gasteiger charge is -2.03. The summed E-state index contributed by atoms with van der Waals surface area (Å²) in [6.45, 7) is 2.00. The van der Waals surface area contributed by atoms with Crippen LogP contribution in [0.15, 0.2) is 53.6 Å². The van der Waals surface area contributed by atoms with Gasteiger partial charge in [0.2, 0.25) is 0 Å². The maximum absolute atomic E-state index is 11.6. The number of rotatable bonds is 3. The van der Waals surface area contributed by atoms with Gasteiger partial charge in [-0.2, -0.15) is 5.10 Å². The first-order chi connectivity index (χ1) is 9.63. The van der Waals surface area contributed by atoms with Crippen LogP contribution in [-0.4, -0.2) is 12.2 Å². The number of benzene rings is 2. The van der Waals surface area contributed by atoms with E-state index in [-0.39, 0.29) is 0 Å². The number of hydrazone groups is 1. The fraction of sp³-hybridized carbons (Fsp3) is 0.0667. The number of halogens is 1. The molecule has 0 saturated carbocycles. The van der Waals surface area contributed by atoms with Gasteiger partial charge in [-0.1, -0.05) is 41.4 Å². The summed E-state index contributed by atoms with van der Waals surface area (Å²) in [7, 11) is 0. The molecule has 2 aromatic rings. The highest BCUT2D eigenvalue weighted by atomic mass is 35.5. The average Bonchev–Trinajstić information content (AvgIpc) is 2.41. The summed E-state index contributed by atoms with van der Waals surface area (Å²) in [5.41, 5.74) is 5.12. The lowest BCUT2D eigenvalue weighted by molar-refractivity contribution is 0.252. The molecule has 2 aromatic carbocycles. The Bertz CT molecular complexity index is 623. The molecule has 0 aromatic heterocycles. The number of anilines is 1. The minimum atomic E-state index is -0.406. The van der Waals surface area contributed by atoms with Crippen LogP contribution in [-0.2, 0) is 0 Å². The van der Waals surface area contributed by atoms with E-state index in [0.717, 1.165) is 11.1 Å². The van der Waals surface area contributed by atoms with Gasteiger partial charge >= 0.3 is 6.03 Å².